The van der Waals surface area contributed by atoms with Crippen LogP contribution in [0.3, 0.4) is 0 Å². The topological polar surface area (TPSA) is 89.6 Å². The molecular weight excluding hydrogens is 186 g/mol. The van der Waals surface area contributed by atoms with Gasteiger partial charge in [-0.25, -0.2) is 0 Å². The Bertz CT molecular complexity index is 312. The summed E-state index contributed by atoms with van der Waals surface area (Å²) in [6.45, 7) is 0. The van der Waals surface area contributed by atoms with Gasteiger partial charge in [-0.15, -0.1) is 0 Å². The van der Waals surface area contributed by atoms with Crippen molar-refractivity contribution in [1.82, 2.24) is 0 Å². The molecule has 0 atom stereocenters. The minimum absolute atomic E-state index is 0.0562. The Morgan fingerprint density at radius 2 is 2.00 bits per heavy atom. The van der Waals surface area contributed by atoms with Crippen LogP contribution in [0.25, 0.3) is 0 Å². The van der Waals surface area contributed by atoms with Crippen molar-refractivity contribution in [3.8, 4) is 11.5 Å². The van der Waals surface area contributed by atoms with Crippen LogP contribution < -0.4 is 10.5 Å². The highest BCUT2D eigenvalue weighted by atomic mass is 16.5. The summed E-state index contributed by atoms with van der Waals surface area (Å²) in [5.74, 6) is 0.479. The van der Waals surface area contributed by atoms with Crippen molar-refractivity contribution < 1.29 is 19.4 Å². The van der Waals surface area contributed by atoms with E-state index in [0.717, 1.165) is 0 Å². The van der Waals surface area contributed by atoms with Crippen molar-refractivity contribution in [2.45, 2.75) is 0 Å². The van der Waals surface area contributed by atoms with Crippen LogP contribution in [0, 0.1) is 0 Å². The fraction of sp³-hybridized carbons (Fsp3) is 0.111. The van der Waals surface area contributed by atoms with Crippen LogP contribution >= 0.6 is 0 Å². The van der Waals surface area contributed by atoms with E-state index in [1.54, 1.807) is 6.07 Å². The predicted molar refractivity (Wildman–Crippen MR) is 50.3 cm³/mol. The van der Waals surface area contributed by atoms with Gasteiger partial charge >= 0.3 is 0 Å². The van der Waals surface area contributed by atoms with E-state index in [-0.39, 0.29) is 17.7 Å². The molecular formula is C9H11NO4. The lowest BCUT2D eigenvalue weighted by atomic mass is 10.2. The lowest BCUT2D eigenvalue weighted by molar-refractivity contribution is -0.106. The minimum Gasteiger partial charge on any atom is -0.507 e. The van der Waals surface area contributed by atoms with Crippen molar-refractivity contribution in [1.29, 1.82) is 0 Å². The lowest BCUT2D eigenvalue weighted by Gasteiger charge is -2.00. The van der Waals surface area contributed by atoms with E-state index in [0.29, 0.717) is 12.0 Å². The van der Waals surface area contributed by atoms with Crippen LogP contribution in [0.4, 0.5) is 0 Å². The SMILES string of the molecule is COc1ccc(C=O)c(O)c1.NC=O. The second-order valence-electron chi connectivity index (χ2n) is 2.18. The number of primary amides is 1. The van der Waals surface area contributed by atoms with Crippen LogP contribution in [-0.4, -0.2) is 24.9 Å². The molecule has 0 aliphatic rings. The molecule has 0 aliphatic carbocycles. The Balaban J connectivity index is 0.000000500. The maximum absolute atomic E-state index is 10.2. The van der Waals surface area contributed by atoms with E-state index in [1.165, 1.54) is 19.2 Å². The van der Waals surface area contributed by atoms with Gasteiger partial charge in [0.1, 0.15) is 11.5 Å². The highest BCUT2D eigenvalue weighted by Gasteiger charge is 1.99. The Labute approximate surface area is 81.1 Å². The smallest absolute Gasteiger partial charge is 0.204 e. The summed E-state index contributed by atoms with van der Waals surface area (Å²) in [6, 6.07) is 4.51. The largest absolute Gasteiger partial charge is 0.507 e. The number of ether oxygens (including phenoxy) is 1. The average Bonchev–Trinajstić information content (AvgIpc) is 2.19. The summed E-state index contributed by atoms with van der Waals surface area (Å²) in [7, 11) is 1.50. The van der Waals surface area contributed by atoms with Gasteiger partial charge in [0, 0.05) is 6.07 Å². The fourth-order valence-corrected chi connectivity index (χ4v) is 0.750. The van der Waals surface area contributed by atoms with Gasteiger partial charge in [-0.1, -0.05) is 0 Å². The third-order valence-electron chi connectivity index (χ3n) is 1.36. The minimum atomic E-state index is -0.0562. The summed E-state index contributed by atoms with van der Waals surface area (Å²) in [5, 5.41) is 9.11. The molecule has 0 saturated carbocycles. The van der Waals surface area contributed by atoms with Gasteiger partial charge in [-0.2, -0.15) is 0 Å². The first-order chi connectivity index (χ1) is 6.69. The van der Waals surface area contributed by atoms with Crippen molar-refractivity contribution in [3.05, 3.63) is 23.8 Å². The molecule has 5 nitrogen and oxygen atoms in total. The number of aromatic hydroxyl groups is 1. The Hall–Kier alpha value is -2.04. The number of nitrogens with two attached hydrogens (primary N) is 1. The third-order valence-corrected chi connectivity index (χ3v) is 1.36. The molecule has 3 N–H and O–H groups in total. The molecule has 0 aliphatic heterocycles. The number of benzene rings is 1. The standard InChI is InChI=1S/C8H8O3.CH3NO/c1-11-7-3-2-6(5-9)8(10)4-7;2-1-3/h2-5,10H,1H3;1H,(H2,2,3). The average molecular weight is 197 g/mol. The maximum atomic E-state index is 10.2. The molecule has 1 aromatic carbocycles. The first-order valence-electron chi connectivity index (χ1n) is 3.67. The first-order valence-corrected chi connectivity index (χ1v) is 3.67. The lowest BCUT2D eigenvalue weighted by Crippen LogP contribution is -1.85. The predicted octanol–water partition coefficient (Wildman–Crippen LogP) is 0.315. The van der Waals surface area contributed by atoms with E-state index in [9.17, 15) is 4.79 Å². The van der Waals surface area contributed by atoms with Gasteiger partial charge in [0.25, 0.3) is 0 Å². The number of hydrogen-bond acceptors (Lipinski definition) is 4. The summed E-state index contributed by atoms with van der Waals surface area (Å²) in [5.41, 5.74) is 4.44. The van der Waals surface area contributed by atoms with Crippen LogP contribution in [0.15, 0.2) is 18.2 Å². The number of phenols is 1. The number of carbonyl (C=O) groups is 2. The molecule has 14 heavy (non-hydrogen) atoms. The second-order valence-corrected chi connectivity index (χ2v) is 2.18. The van der Waals surface area contributed by atoms with Crippen molar-refractivity contribution in [2.24, 2.45) is 5.73 Å². The molecule has 1 aromatic rings. The molecule has 0 saturated heterocycles. The number of methoxy groups -OCH3 is 1. The summed E-state index contributed by atoms with van der Waals surface area (Å²) in [4.78, 5) is 18.8. The number of carbonyl (C=O) groups excluding carboxylic acids is 2. The molecule has 0 radical (unpaired) electrons. The molecule has 76 valence electrons. The van der Waals surface area contributed by atoms with E-state index >= 15 is 0 Å². The molecule has 1 rings (SSSR count). The van der Waals surface area contributed by atoms with E-state index in [2.05, 4.69) is 5.73 Å². The zero-order chi connectivity index (χ0) is 11.0. The number of aldehydes is 1. The van der Waals surface area contributed by atoms with E-state index < -0.39 is 0 Å². The zero-order valence-electron chi connectivity index (χ0n) is 7.64. The van der Waals surface area contributed by atoms with Gasteiger partial charge in [-0.3, -0.25) is 9.59 Å². The molecule has 0 unspecified atom stereocenters. The van der Waals surface area contributed by atoms with E-state index in [1.807, 2.05) is 0 Å². The third kappa shape index (κ3) is 3.57. The Morgan fingerprint density at radius 3 is 2.36 bits per heavy atom. The van der Waals surface area contributed by atoms with Gasteiger partial charge in [0.2, 0.25) is 6.41 Å². The van der Waals surface area contributed by atoms with Gasteiger partial charge in [0.15, 0.2) is 6.29 Å². The first kappa shape index (κ1) is 12.0. The molecule has 5 heteroatoms. The van der Waals surface area contributed by atoms with Crippen molar-refractivity contribution >= 4 is 12.7 Å². The molecule has 0 spiro atoms. The van der Waals surface area contributed by atoms with E-state index in [4.69, 9.17) is 14.6 Å². The molecule has 0 aromatic heterocycles. The summed E-state index contributed by atoms with van der Waals surface area (Å²) >= 11 is 0. The van der Waals surface area contributed by atoms with Crippen molar-refractivity contribution in [2.75, 3.05) is 7.11 Å². The molecule has 0 heterocycles. The number of phenolic OH excluding ortho intramolecular Hbond substituents is 1. The Kier molecular flexibility index (Phi) is 5.53. The fourth-order valence-electron chi connectivity index (χ4n) is 0.750. The summed E-state index contributed by atoms with van der Waals surface area (Å²) < 4.78 is 4.82. The van der Waals surface area contributed by atoms with Gasteiger partial charge < -0.3 is 15.6 Å². The van der Waals surface area contributed by atoms with Gasteiger partial charge in [0.05, 0.1) is 12.7 Å². The zero-order valence-corrected chi connectivity index (χ0v) is 7.64. The van der Waals surface area contributed by atoms with Crippen LogP contribution in [0.2, 0.25) is 0 Å². The van der Waals surface area contributed by atoms with Gasteiger partial charge in [-0.05, 0) is 12.1 Å². The highest BCUT2D eigenvalue weighted by molar-refractivity contribution is 5.79. The monoisotopic (exact) mass is 197 g/mol. The van der Waals surface area contributed by atoms with Crippen LogP contribution in [-0.2, 0) is 4.79 Å². The second kappa shape index (κ2) is 6.47. The highest BCUT2D eigenvalue weighted by Crippen LogP contribution is 2.21. The Morgan fingerprint density at radius 1 is 1.43 bits per heavy atom. The number of hydrogen-bond donors (Lipinski definition) is 2. The quantitative estimate of drug-likeness (QED) is 0.668. The van der Waals surface area contributed by atoms with Crippen LogP contribution in [0.1, 0.15) is 10.4 Å². The maximum Gasteiger partial charge on any atom is 0.204 e. The molecule has 1 amide bonds. The number of rotatable bonds is 2. The summed E-state index contributed by atoms with van der Waals surface area (Å²) in [6.07, 6.45) is 0.842. The molecule has 0 fully saturated rings. The molecule has 0 bridgehead atoms. The van der Waals surface area contributed by atoms with Crippen molar-refractivity contribution in [3.63, 3.8) is 0 Å². The van der Waals surface area contributed by atoms with Crippen LogP contribution in [0.5, 0.6) is 11.5 Å². The normalized spacial score (nSPS) is 8.07. The number of amides is 1.